The molecule has 0 bridgehead atoms. The fourth-order valence-corrected chi connectivity index (χ4v) is 6.24. The number of benzene rings is 7. The van der Waals surface area contributed by atoms with Gasteiger partial charge in [0.2, 0.25) is 0 Å². The van der Waals surface area contributed by atoms with Crippen LogP contribution < -0.4 is 0 Å². The third-order valence-corrected chi connectivity index (χ3v) is 7.98. The molecule has 1 heteroatoms. The summed E-state index contributed by atoms with van der Waals surface area (Å²) in [5.74, 6) is 0. The molecule has 0 saturated heterocycles. The highest BCUT2D eigenvalue weighted by atomic mass is 14.7. The molecule has 0 aliphatic heterocycles. The number of fused-ring (bicyclic) bond motifs is 5. The van der Waals surface area contributed by atoms with E-state index in [1.807, 2.05) is 0 Å². The second-order valence-electron chi connectivity index (χ2n) is 10.2. The molecule has 0 fully saturated rings. The van der Waals surface area contributed by atoms with Gasteiger partial charge in [-0.25, -0.2) is 0 Å². The van der Waals surface area contributed by atoms with Crippen molar-refractivity contribution < 1.29 is 0 Å². The van der Waals surface area contributed by atoms with Crippen LogP contribution in [-0.2, 0) is 0 Å². The number of rotatable bonds is 3. The SMILES string of the molecule is c1ccc(-c2c3ccccc3c(-c3cccc(-c4ccc5[nH]c6ccccc6c5c4)c3)c3ccccc23)cc1. The molecule has 0 atom stereocenters. The summed E-state index contributed by atoms with van der Waals surface area (Å²) in [6.45, 7) is 0. The predicted molar refractivity (Wildman–Crippen MR) is 167 cm³/mol. The van der Waals surface area contributed by atoms with Gasteiger partial charge in [0.15, 0.2) is 0 Å². The van der Waals surface area contributed by atoms with E-state index in [0.717, 1.165) is 0 Å². The third-order valence-electron chi connectivity index (χ3n) is 7.98. The molecule has 1 heterocycles. The van der Waals surface area contributed by atoms with Crippen LogP contribution in [0.2, 0.25) is 0 Å². The van der Waals surface area contributed by atoms with Crippen molar-refractivity contribution in [2.45, 2.75) is 0 Å². The van der Waals surface area contributed by atoms with Crippen molar-refractivity contribution in [2.75, 3.05) is 0 Å². The smallest absolute Gasteiger partial charge is 0.0465 e. The number of aromatic amines is 1. The summed E-state index contributed by atoms with van der Waals surface area (Å²) >= 11 is 0. The quantitative estimate of drug-likeness (QED) is 0.235. The molecule has 182 valence electrons. The minimum Gasteiger partial charge on any atom is -0.355 e. The minimum atomic E-state index is 1.17. The van der Waals surface area contributed by atoms with E-state index in [1.54, 1.807) is 0 Å². The van der Waals surface area contributed by atoms with Gasteiger partial charge in [-0.1, -0.05) is 121 Å². The lowest BCUT2D eigenvalue weighted by atomic mass is 9.85. The van der Waals surface area contributed by atoms with Crippen LogP contribution in [0.4, 0.5) is 0 Å². The molecular formula is C38H25N. The van der Waals surface area contributed by atoms with E-state index in [0.29, 0.717) is 0 Å². The molecule has 0 unspecified atom stereocenters. The fraction of sp³-hybridized carbons (Fsp3) is 0. The van der Waals surface area contributed by atoms with E-state index in [1.165, 1.54) is 76.7 Å². The fourth-order valence-electron chi connectivity index (χ4n) is 6.24. The standard InChI is InChI=1S/C38H25N/c1-2-11-25(12-3-1)37-30-16-4-6-18-32(30)38(33-19-7-5-17-31(33)37)28-14-10-13-26(23-28)27-21-22-36-34(24-27)29-15-8-9-20-35(29)39-36/h1-24,39H. The molecule has 0 spiro atoms. The van der Waals surface area contributed by atoms with Crippen molar-refractivity contribution in [3.8, 4) is 33.4 Å². The van der Waals surface area contributed by atoms with E-state index in [-0.39, 0.29) is 0 Å². The molecule has 0 amide bonds. The Labute approximate surface area is 227 Å². The molecule has 0 aliphatic carbocycles. The normalized spacial score (nSPS) is 11.6. The van der Waals surface area contributed by atoms with Crippen LogP contribution in [-0.4, -0.2) is 4.98 Å². The van der Waals surface area contributed by atoms with Crippen molar-refractivity contribution in [3.63, 3.8) is 0 Å². The number of hydrogen-bond donors (Lipinski definition) is 1. The highest BCUT2D eigenvalue weighted by molar-refractivity contribution is 6.21. The van der Waals surface area contributed by atoms with Crippen molar-refractivity contribution >= 4 is 43.4 Å². The lowest BCUT2D eigenvalue weighted by Gasteiger charge is -2.18. The van der Waals surface area contributed by atoms with Crippen molar-refractivity contribution in [1.82, 2.24) is 4.98 Å². The number of aromatic nitrogens is 1. The van der Waals surface area contributed by atoms with Gasteiger partial charge in [0, 0.05) is 21.8 Å². The van der Waals surface area contributed by atoms with Gasteiger partial charge < -0.3 is 4.98 Å². The number of para-hydroxylation sites is 1. The molecule has 1 N–H and O–H groups in total. The van der Waals surface area contributed by atoms with Gasteiger partial charge in [-0.05, 0) is 79.2 Å². The summed E-state index contributed by atoms with van der Waals surface area (Å²) in [7, 11) is 0. The van der Waals surface area contributed by atoms with Crippen LogP contribution in [0.1, 0.15) is 0 Å². The zero-order valence-electron chi connectivity index (χ0n) is 21.4. The molecule has 0 saturated carbocycles. The second kappa shape index (κ2) is 8.72. The Morgan fingerprint density at radius 2 is 0.769 bits per heavy atom. The first kappa shape index (κ1) is 21.9. The average molecular weight is 496 g/mol. The van der Waals surface area contributed by atoms with Gasteiger partial charge in [-0.3, -0.25) is 0 Å². The van der Waals surface area contributed by atoms with Crippen LogP contribution in [0.5, 0.6) is 0 Å². The highest BCUT2D eigenvalue weighted by Crippen LogP contribution is 2.44. The summed E-state index contributed by atoms with van der Waals surface area (Å²) < 4.78 is 0. The Hall–Kier alpha value is -5.14. The molecule has 1 nitrogen and oxygen atoms in total. The zero-order valence-corrected chi connectivity index (χ0v) is 21.4. The minimum absolute atomic E-state index is 1.17. The lowest BCUT2D eigenvalue weighted by Crippen LogP contribution is -1.91. The average Bonchev–Trinajstić information content (AvgIpc) is 3.38. The Balaban J connectivity index is 1.38. The van der Waals surface area contributed by atoms with Gasteiger partial charge in [0.05, 0.1) is 0 Å². The van der Waals surface area contributed by atoms with Gasteiger partial charge in [-0.15, -0.1) is 0 Å². The topological polar surface area (TPSA) is 15.8 Å². The van der Waals surface area contributed by atoms with Gasteiger partial charge >= 0.3 is 0 Å². The lowest BCUT2D eigenvalue weighted by molar-refractivity contribution is 1.54. The van der Waals surface area contributed by atoms with E-state index < -0.39 is 0 Å². The van der Waals surface area contributed by atoms with Crippen LogP contribution >= 0.6 is 0 Å². The van der Waals surface area contributed by atoms with E-state index in [2.05, 4.69) is 151 Å². The Morgan fingerprint density at radius 1 is 0.282 bits per heavy atom. The van der Waals surface area contributed by atoms with E-state index >= 15 is 0 Å². The maximum atomic E-state index is 3.55. The molecule has 1 aromatic heterocycles. The predicted octanol–water partition coefficient (Wildman–Crippen LogP) is 10.6. The summed E-state index contributed by atoms with van der Waals surface area (Å²) in [5, 5.41) is 7.64. The molecule has 39 heavy (non-hydrogen) atoms. The first-order chi connectivity index (χ1) is 19.3. The summed E-state index contributed by atoms with van der Waals surface area (Å²) in [5.41, 5.74) is 9.86. The summed E-state index contributed by atoms with van der Waals surface area (Å²) in [6.07, 6.45) is 0. The maximum Gasteiger partial charge on any atom is 0.0465 e. The van der Waals surface area contributed by atoms with Crippen molar-refractivity contribution in [1.29, 1.82) is 0 Å². The third kappa shape index (κ3) is 3.48. The van der Waals surface area contributed by atoms with Crippen LogP contribution in [0.3, 0.4) is 0 Å². The summed E-state index contributed by atoms with van der Waals surface area (Å²) in [4.78, 5) is 3.55. The van der Waals surface area contributed by atoms with Gasteiger partial charge in [0.25, 0.3) is 0 Å². The van der Waals surface area contributed by atoms with Crippen LogP contribution in [0, 0.1) is 0 Å². The molecule has 8 aromatic rings. The van der Waals surface area contributed by atoms with Crippen molar-refractivity contribution in [2.24, 2.45) is 0 Å². The van der Waals surface area contributed by atoms with Crippen LogP contribution in [0.25, 0.3) is 76.7 Å². The Bertz CT molecular complexity index is 2110. The van der Waals surface area contributed by atoms with E-state index in [9.17, 15) is 0 Å². The first-order valence-electron chi connectivity index (χ1n) is 13.5. The molecule has 7 aromatic carbocycles. The van der Waals surface area contributed by atoms with Gasteiger partial charge in [-0.2, -0.15) is 0 Å². The Kier molecular flexibility index (Phi) is 4.89. The zero-order chi connectivity index (χ0) is 25.8. The number of hydrogen-bond acceptors (Lipinski definition) is 0. The summed E-state index contributed by atoms with van der Waals surface area (Å²) in [6, 6.07) is 52.8. The van der Waals surface area contributed by atoms with Gasteiger partial charge in [0.1, 0.15) is 0 Å². The first-order valence-corrected chi connectivity index (χ1v) is 13.5. The second-order valence-corrected chi connectivity index (χ2v) is 10.2. The molecular weight excluding hydrogens is 470 g/mol. The van der Waals surface area contributed by atoms with Crippen molar-refractivity contribution in [3.05, 3.63) is 146 Å². The van der Waals surface area contributed by atoms with Crippen LogP contribution in [0.15, 0.2) is 146 Å². The molecule has 0 aliphatic rings. The monoisotopic (exact) mass is 495 g/mol. The maximum absolute atomic E-state index is 3.55. The largest absolute Gasteiger partial charge is 0.355 e. The number of H-pyrrole nitrogens is 1. The molecule has 0 radical (unpaired) electrons. The Morgan fingerprint density at radius 3 is 1.46 bits per heavy atom. The highest BCUT2D eigenvalue weighted by Gasteiger charge is 2.16. The van der Waals surface area contributed by atoms with E-state index in [4.69, 9.17) is 0 Å². The number of nitrogens with one attached hydrogen (secondary N) is 1. The molecule has 8 rings (SSSR count).